The number of amides is 2. The van der Waals surface area contributed by atoms with Crippen molar-refractivity contribution in [2.24, 2.45) is 5.73 Å². The lowest BCUT2D eigenvalue weighted by molar-refractivity contribution is -0.131. The van der Waals surface area contributed by atoms with E-state index in [0.717, 1.165) is 21.8 Å². The molecule has 0 saturated carbocycles. The van der Waals surface area contributed by atoms with E-state index in [9.17, 15) is 9.59 Å². The van der Waals surface area contributed by atoms with Crippen molar-refractivity contribution in [1.82, 2.24) is 4.90 Å². The number of ether oxygens (including phenoxy) is 2. The summed E-state index contributed by atoms with van der Waals surface area (Å²) in [5.74, 6) is 0.0241. The lowest BCUT2D eigenvalue weighted by Crippen LogP contribution is -2.47. The van der Waals surface area contributed by atoms with Gasteiger partial charge in [-0.15, -0.1) is 0 Å². The van der Waals surface area contributed by atoms with Crippen molar-refractivity contribution in [1.29, 1.82) is 0 Å². The van der Waals surface area contributed by atoms with Gasteiger partial charge in [-0.3, -0.25) is 4.79 Å². The van der Waals surface area contributed by atoms with Crippen LogP contribution in [0.1, 0.15) is 30.0 Å². The molecule has 1 heterocycles. The van der Waals surface area contributed by atoms with Crippen molar-refractivity contribution in [2.45, 2.75) is 24.9 Å². The predicted octanol–water partition coefficient (Wildman–Crippen LogP) is 2.85. The number of imide groups is 1. The van der Waals surface area contributed by atoms with E-state index < -0.39 is 24.1 Å². The van der Waals surface area contributed by atoms with E-state index in [1.54, 1.807) is 7.11 Å². The molecule has 6 heteroatoms. The Bertz CT molecular complexity index is 776. The number of nitrogens with zero attached hydrogens (tertiary/aromatic N) is 1. The Hall–Kier alpha value is -2.86. The number of methoxy groups -OCH3 is 1. The van der Waals surface area contributed by atoms with Crippen molar-refractivity contribution in [3.63, 3.8) is 0 Å². The van der Waals surface area contributed by atoms with Crippen LogP contribution in [0.3, 0.4) is 0 Å². The number of benzene rings is 2. The fourth-order valence-electron chi connectivity index (χ4n) is 3.07. The fraction of sp³-hybridized carbons (Fsp3) is 0.300. The van der Waals surface area contributed by atoms with Gasteiger partial charge < -0.3 is 15.2 Å². The third-order valence-corrected chi connectivity index (χ3v) is 4.76. The predicted molar refractivity (Wildman–Crippen MR) is 96.8 cm³/mol. The molecule has 0 unspecified atom stereocenters. The van der Waals surface area contributed by atoms with E-state index in [2.05, 4.69) is 0 Å². The number of hydrogen-bond acceptors (Lipinski definition) is 5. The zero-order valence-corrected chi connectivity index (χ0v) is 14.8. The molecule has 2 amide bonds. The van der Waals surface area contributed by atoms with Gasteiger partial charge in [-0.1, -0.05) is 49.4 Å². The first kappa shape index (κ1) is 17.9. The molecule has 0 aliphatic carbocycles. The monoisotopic (exact) mass is 354 g/mol. The summed E-state index contributed by atoms with van der Waals surface area (Å²) >= 11 is 0. The molecule has 26 heavy (non-hydrogen) atoms. The highest BCUT2D eigenvalue weighted by Gasteiger charge is 2.42. The first-order valence-corrected chi connectivity index (χ1v) is 8.47. The standard InChI is InChI=1S/C20H22N2O4/c1-13(14-8-10-16(25-2)11-9-14)18(21)19(23)22-17(12-26-20(22)24)15-6-4-3-5-7-15/h3-11,13,17-18H,12,21H2,1-2H3/t13-,17-,18-/m0/s1. The smallest absolute Gasteiger partial charge is 0.417 e. The highest BCUT2D eigenvalue weighted by Crippen LogP contribution is 2.30. The molecule has 6 nitrogen and oxygen atoms in total. The summed E-state index contributed by atoms with van der Waals surface area (Å²) in [7, 11) is 1.59. The van der Waals surface area contributed by atoms with E-state index >= 15 is 0 Å². The van der Waals surface area contributed by atoms with Crippen LogP contribution in [-0.4, -0.2) is 36.7 Å². The summed E-state index contributed by atoms with van der Waals surface area (Å²) in [5, 5.41) is 0. The maximum Gasteiger partial charge on any atom is 0.417 e. The van der Waals surface area contributed by atoms with Crippen LogP contribution < -0.4 is 10.5 Å². The molecule has 0 bridgehead atoms. The molecule has 1 fully saturated rings. The normalized spacial score (nSPS) is 19.0. The van der Waals surface area contributed by atoms with Crippen molar-refractivity contribution in [3.8, 4) is 5.75 Å². The van der Waals surface area contributed by atoms with Crippen molar-refractivity contribution in [2.75, 3.05) is 13.7 Å². The highest BCUT2D eigenvalue weighted by molar-refractivity contribution is 5.97. The zero-order valence-electron chi connectivity index (χ0n) is 14.8. The third kappa shape index (κ3) is 3.41. The second-order valence-electron chi connectivity index (χ2n) is 6.30. The Morgan fingerprint density at radius 1 is 1.19 bits per heavy atom. The van der Waals surface area contributed by atoms with Crippen LogP contribution in [0.2, 0.25) is 0 Å². The minimum absolute atomic E-state index is 0.137. The molecule has 1 saturated heterocycles. The van der Waals surface area contributed by atoms with Crippen LogP contribution >= 0.6 is 0 Å². The minimum atomic E-state index is -0.861. The average molecular weight is 354 g/mol. The van der Waals surface area contributed by atoms with Crippen LogP contribution in [0.5, 0.6) is 5.75 Å². The molecule has 3 rings (SSSR count). The summed E-state index contributed by atoms with van der Waals surface area (Å²) < 4.78 is 10.3. The van der Waals surface area contributed by atoms with Gasteiger partial charge in [-0.2, -0.15) is 0 Å². The molecule has 0 aromatic heterocycles. The molecule has 0 radical (unpaired) electrons. The Balaban J connectivity index is 1.80. The third-order valence-electron chi connectivity index (χ3n) is 4.76. The van der Waals surface area contributed by atoms with Gasteiger partial charge in [-0.25, -0.2) is 9.69 Å². The van der Waals surface area contributed by atoms with Crippen LogP contribution in [0.15, 0.2) is 54.6 Å². The van der Waals surface area contributed by atoms with E-state index in [1.807, 2.05) is 61.5 Å². The van der Waals surface area contributed by atoms with Crippen LogP contribution in [0.25, 0.3) is 0 Å². The SMILES string of the molecule is COc1ccc([C@H](C)[C@H](N)C(=O)N2C(=O)OC[C@H]2c2ccccc2)cc1. The first-order valence-electron chi connectivity index (χ1n) is 8.47. The number of hydrogen-bond donors (Lipinski definition) is 1. The van der Waals surface area contributed by atoms with Crippen LogP contribution in [-0.2, 0) is 9.53 Å². The molecule has 3 atom stereocenters. The minimum Gasteiger partial charge on any atom is -0.497 e. The molecular weight excluding hydrogens is 332 g/mol. The van der Waals surface area contributed by atoms with E-state index in [4.69, 9.17) is 15.2 Å². The Labute approximate surface area is 152 Å². The van der Waals surface area contributed by atoms with E-state index in [0.29, 0.717) is 0 Å². The molecule has 2 aromatic carbocycles. The summed E-state index contributed by atoms with van der Waals surface area (Å²) in [5.41, 5.74) is 7.96. The second kappa shape index (κ2) is 7.58. The van der Waals surface area contributed by atoms with Crippen molar-refractivity contribution >= 4 is 12.0 Å². The quantitative estimate of drug-likeness (QED) is 0.893. The number of carbonyl (C=O) groups is 2. The van der Waals surface area contributed by atoms with Gasteiger partial charge in [0.2, 0.25) is 5.91 Å². The molecule has 1 aliphatic rings. The zero-order chi connectivity index (χ0) is 18.7. The van der Waals surface area contributed by atoms with Crippen molar-refractivity contribution in [3.05, 3.63) is 65.7 Å². The second-order valence-corrected chi connectivity index (χ2v) is 6.30. The molecule has 2 N–H and O–H groups in total. The number of rotatable bonds is 5. The summed E-state index contributed by atoms with van der Waals surface area (Å²) in [6.07, 6.45) is -0.652. The largest absolute Gasteiger partial charge is 0.497 e. The van der Waals surface area contributed by atoms with Gasteiger partial charge in [0.25, 0.3) is 0 Å². The lowest BCUT2D eigenvalue weighted by atomic mass is 9.92. The Morgan fingerprint density at radius 3 is 2.46 bits per heavy atom. The topological polar surface area (TPSA) is 81.9 Å². The first-order chi connectivity index (χ1) is 12.5. The highest BCUT2D eigenvalue weighted by atomic mass is 16.6. The Kier molecular flexibility index (Phi) is 5.23. The molecular formula is C20H22N2O4. The number of nitrogens with two attached hydrogens (primary N) is 1. The van der Waals surface area contributed by atoms with Crippen LogP contribution in [0, 0.1) is 0 Å². The van der Waals surface area contributed by atoms with Gasteiger partial charge in [-0.05, 0) is 23.3 Å². The molecule has 2 aromatic rings. The summed E-state index contributed by atoms with van der Waals surface area (Å²) in [4.78, 5) is 26.2. The number of cyclic esters (lactones) is 1. The molecule has 136 valence electrons. The van der Waals surface area contributed by atoms with Gasteiger partial charge in [0, 0.05) is 5.92 Å². The fourth-order valence-corrected chi connectivity index (χ4v) is 3.07. The molecule has 0 spiro atoms. The van der Waals surface area contributed by atoms with E-state index in [-0.39, 0.29) is 12.5 Å². The van der Waals surface area contributed by atoms with Gasteiger partial charge >= 0.3 is 6.09 Å². The maximum atomic E-state index is 13.0. The lowest BCUT2D eigenvalue weighted by Gasteiger charge is -2.26. The summed E-state index contributed by atoms with van der Waals surface area (Å²) in [6.45, 7) is 2.00. The van der Waals surface area contributed by atoms with E-state index in [1.165, 1.54) is 0 Å². The Morgan fingerprint density at radius 2 is 1.85 bits per heavy atom. The van der Waals surface area contributed by atoms with Crippen LogP contribution in [0.4, 0.5) is 4.79 Å². The van der Waals surface area contributed by atoms with Gasteiger partial charge in [0.15, 0.2) is 0 Å². The summed E-state index contributed by atoms with van der Waals surface area (Å²) in [6, 6.07) is 15.4. The maximum absolute atomic E-state index is 13.0. The van der Waals surface area contributed by atoms with Crippen molar-refractivity contribution < 1.29 is 19.1 Å². The average Bonchev–Trinajstić information content (AvgIpc) is 3.08. The molecule has 1 aliphatic heterocycles. The van der Waals surface area contributed by atoms with Gasteiger partial charge in [0.1, 0.15) is 18.4 Å². The van der Waals surface area contributed by atoms with Gasteiger partial charge in [0.05, 0.1) is 13.2 Å². The number of carbonyl (C=O) groups excluding carboxylic acids is 2.